The molecule has 0 spiro atoms. The van der Waals surface area contributed by atoms with E-state index in [4.69, 9.17) is 4.42 Å². The SMILES string of the molecule is Cc1ccc(S(=O)(=O)[O-])cc1.c1ccc2[o+]c3ccccc3cc2c1. The summed E-state index contributed by atoms with van der Waals surface area (Å²) < 4.78 is 36.9. The summed E-state index contributed by atoms with van der Waals surface area (Å²) in [6.45, 7) is 1.82. The van der Waals surface area contributed by atoms with Crippen molar-refractivity contribution in [2.45, 2.75) is 11.8 Å². The summed E-state index contributed by atoms with van der Waals surface area (Å²) in [4.78, 5) is -0.178. The summed E-state index contributed by atoms with van der Waals surface area (Å²) in [6.07, 6.45) is 0. The summed E-state index contributed by atoms with van der Waals surface area (Å²) in [5.41, 5.74) is 2.80. The molecule has 0 atom stereocenters. The molecule has 3 aromatic carbocycles. The highest BCUT2D eigenvalue weighted by Crippen LogP contribution is 2.22. The molecule has 1 aromatic heterocycles. The van der Waals surface area contributed by atoms with Crippen molar-refractivity contribution in [2.75, 3.05) is 0 Å². The fraction of sp³-hybridized carbons (Fsp3) is 0.0500. The zero-order valence-corrected chi connectivity index (χ0v) is 14.4. The third kappa shape index (κ3) is 4.21. The van der Waals surface area contributed by atoms with Gasteiger partial charge in [-0.25, -0.2) is 12.8 Å². The Labute approximate surface area is 146 Å². The van der Waals surface area contributed by atoms with Crippen molar-refractivity contribution in [2.24, 2.45) is 0 Å². The van der Waals surface area contributed by atoms with Crippen LogP contribution in [0, 0.1) is 6.92 Å². The fourth-order valence-electron chi connectivity index (χ4n) is 2.38. The van der Waals surface area contributed by atoms with Crippen LogP contribution in [0.4, 0.5) is 0 Å². The molecule has 0 N–H and O–H groups in total. The van der Waals surface area contributed by atoms with Crippen LogP contribution in [0.2, 0.25) is 0 Å². The summed E-state index contributed by atoms with van der Waals surface area (Å²) in [7, 11) is -4.27. The van der Waals surface area contributed by atoms with Gasteiger partial charge in [-0.1, -0.05) is 42.0 Å². The van der Waals surface area contributed by atoms with Gasteiger partial charge in [0, 0.05) is 12.1 Å². The van der Waals surface area contributed by atoms with Crippen LogP contribution < -0.4 is 0 Å². The molecule has 126 valence electrons. The van der Waals surface area contributed by atoms with Crippen molar-refractivity contribution in [3.05, 3.63) is 84.4 Å². The lowest BCUT2D eigenvalue weighted by molar-refractivity contribution is 0.463. The Balaban J connectivity index is 0.000000151. The van der Waals surface area contributed by atoms with Gasteiger partial charge >= 0.3 is 11.2 Å². The van der Waals surface area contributed by atoms with Gasteiger partial charge in [0.1, 0.15) is 10.1 Å². The Morgan fingerprint density at radius 3 is 1.72 bits per heavy atom. The second-order valence-electron chi connectivity index (χ2n) is 5.59. The van der Waals surface area contributed by atoms with E-state index in [0.29, 0.717) is 0 Å². The van der Waals surface area contributed by atoms with Crippen LogP contribution in [-0.4, -0.2) is 13.0 Å². The molecule has 4 aromatic rings. The fourth-order valence-corrected chi connectivity index (χ4v) is 2.85. The smallest absolute Gasteiger partial charge is 0.360 e. The van der Waals surface area contributed by atoms with Crippen LogP contribution in [0.1, 0.15) is 5.56 Å². The molecule has 0 aliphatic heterocycles. The average molecular weight is 352 g/mol. The Morgan fingerprint density at radius 1 is 0.760 bits per heavy atom. The van der Waals surface area contributed by atoms with E-state index in [1.54, 1.807) is 12.1 Å². The van der Waals surface area contributed by atoms with E-state index in [0.717, 1.165) is 27.5 Å². The maximum atomic E-state index is 10.4. The van der Waals surface area contributed by atoms with E-state index in [1.807, 2.05) is 43.3 Å². The number of hydrogen-bond donors (Lipinski definition) is 0. The Morgan fingerprint density at radius 2 is 1.24 bits per heavy atom. The van der Waals surface area contributed by atoms with Gasteiger partial charge in [0.2, 0.25) is 0 Å². The van der Waals surface area contributed by atoms with Crippen LogP contribution in [0.5, 0.6) is 0 Å². The molecule has 0 aliphatic rings. The third-order valence-corrected chi connectivity index (χ3v) is 4.53. The molecule has 0 bridgehead atoms. The number of fused-ring (bicyclic) bond motifs is 2. The molecule has 0 amide bonds. The summed E-state index contributed by atoms with van der Waals surface area (Å²) in [6, 6.07) is 24.0. The first-order valence-corrected chi connectivity index (χ1v) is 9.07. The molecule has 0 unspecified atom stereocenters. The number of para-hydroxylation sites is 2. The number of aryl methyl sites for hydroxylation is 1. The summed E-state index contributed by atoms with van der Waals surface area (Å²) in [5.74, 6) is 0. The van der Waals surface area contributed by atoms with E-state index >= 15 is 0 Å². The molecular formula is C20H16O4S. The van der Waals surface area contributed by atoms with Gasteiger partial charge in [0.05, 0.1) is 15.7 Å². The topological polar surface area (TPSA) is 68.5 Å². The molecule has 0 saturated heterocycles. The highest BCUT2D eigenvalue weighted by Gasteiger charge is 2.09. The quantitative estimate of drug-likeness (QED) is 0.281. The van der Waals surface area contributed by atoms with E-state index in [9.17, 15) is 13.0 Å². The van der Waals surface area contributed by atoms with E-state index in [1.165, 1.54) is 12.1 Å². The first kappa shape index (κ1) is 17.1. The second-order valence-corrected chi connectivity index (χ2v) is 6.97. The molecule has 5 heteroatoms. The zero-order valence-electron chi connectivity index (χ0n) is 13.5. The minimum Gasteiger partial charge on any atom is -0.744 e. The predicted octanol–water partition coefficient (Wildman–Crippen LogP) is 4.77. The normalized spacial score (nSPS) is 11.1. The van der Waals surface area contributed by atoms with Crippen molar-refractivity contribution in [3.63, 3.8) is 0 Å². The summed E-state index contributed by atoms with van der Waals surface area (Å²) in [5, 5.41) is 2.29. The maximum Gasteiger partial charge on any atom is 0.360 e. The number of benzene rings is 3. The van der Waals surface area contributed by atoms with Crippen molar-refractivity contribution in [1.82, 2.24) is 0 Å². The standard InChI is InChI=1S/C13H9O.C7H8O3S/c1-3-7-12-10(5-1)9-11-6-2-4-8-13(11)14-12;1-6-2-4-7(5-3-6)11(8,9)10/h1-9H;2-5H,1H3,(H,8,9,10)/q+1;/p-1. The van der Waals surface area contributed by atoms with Crippen LogP contribution in [0.3, 0.4) is 0 Å². The lowest BCUT2D eigenvalue weighted by Crippen LogP contribution is -1.97. The predicted molar refractivity (Wildman–Crippen MR) is 97.3 cm³/mol. The van der Waals surface area contributed by atoms with Crippen molar-refractivity contribution in [1.29, 1.82) is 0 Å². The van der Waals surface area contributed by atoms with Crippen LogP contribution in [-0.2, 0) is 10.1 Å². The lowest BCUT2D eigenvalue weighted by atomic mass is 10.1. The maximum absolute atomic E-state index is 10.4. The molecule has 0 radical (unpaired) electrons. The highest BCUT2D eigenvalue weighted by atomic mass is 32.2. The average Bonchev–Trinajstić information content (AvgIpc) is 2.60. The van der Waals surface area contributed by atoms with Gasteiger partial charge < -0.3 is 4.55 Å². The van der Waals surface area contributed by atoms with Crippen molar-refractivity contribution < 1.29 is 17.4 Å². The van der Waals surface area contributed by atoms with Gasteiger partial charge in [-0.15, -0.1) is 0 Å². The summed E-state index contributed by atoms with van der Waals surface area (Å²) >= 11 is 0. The zero-order chi connectivity index (χ0) is 17.9. The van der Waals surface area contributed by atoms with E-state index in [2.05, 4.69) is 18.2 Å². The highest BCUT2D eigenvalue weighted by molar-refractivity contribution is 7.85. The first-order chi connectivity index (χ1) is 11.9. The van der Waals surface area contributed by atoms with E-state index < -0.39 is 10.1 Å². The second kappa shape index (κ2) is 7.01. The largest absolute Gasteiger partial charge is 0.744 e. The van der Waals surface area contributed by atoms with Gasteiger partial charge in [-0.2, -0.15) is 0 Å². The van der Waals surface area contributed by atoms with Crippen LogP contribution in [0.15, 0.2) is 88.2 Å². The first-order valence-electron chi connectivity index (χ1n) is 7.67. The Hall–Kier alpha value is -2.76. The monoisotopic (exact) mass is 352 g/mol. The Bertz CT molecular complexity index is 1010. The van der Waals surface area contributed by atoms with Gasteiger partial charge in [0.15, 0.2) is 0 Å². The minimum absolute atomic E-state index is 0.178. The molecule has 25 heavy (non-hydrogen) atoms. The minimum atomic E-state index is -4.27. The molecule has 0 saturated carbocycles. The lowest BCUT2D eigenvalue weighted by Gasteiger charge is -2.05. The molecule has 0 fully saturated rings. The Kier molecular flexibility index (Phi) is 4.79. The molecular weight excluding hydrogens is 336 g/mol. The van der Waals surface area contributed by atoms with Gasteiger partial charge in [0.25, 0.3) is 0 Å². The van der Waals surface area contributed by atoms with Gasteiger partial charge in [-0.05, 0) is 37.3 Å². The number of rotatable bonds is 1. The van der Waals surface area contributed by atoms with Crippen LogP contribution in [0.25, 0.3) is 21.9 Å². The van der Waals surface area contributed by atoms with Crippen molar-refractivity contribution >= 4 is 32.1 Å². The van der Waals surface area contributed by atoms with Crippen molar-refractivity contribution in [3.8, 4) is 0 Å². The third-order valence-electron chi connectivity index (χ3n) is 3.68. The molecule has 4 rings (SSSR count). The van der Waals surface area contributed by atoms with E-state index in [-0.39, 0.29) is 4.90 Å². The van der Waals surface area contributed by atoms with Gasteiger partial charge in [-0.3, -0.25) is 0 Å². The molecule has 4 nitrogen and oxygen atoms in total. The van der Waals surface area contributed by atoms with Crippen LogP contribution >= 0.6 is 0 Å². The molecule has 0 aliphatic carbocycles. The molecule has 1 heterocycles. The number of hydrogen-bond acceptors (Lipinski definition) is 3.